The highest BCUT2D eigenvalue weighted by atomic mass is 32.2. The second-order valence-electron chi connectivity index (χ2n) is 5.06. The number of amides is 2. The minimum Gasteiger partial charge on any atom is -0.478 e. The van der Waals surface area contributed by atoms with E-state index >= 15 is 0 Å². The third-order valence-corrected chi connectivity index (χ3v) is 4.76. The van der Waals surface area contributed by atoms with E-state index in [-0.39, 0.29) is 5.91 Å². The summed E-state index contributed by atoms with van der Waals surface area (Å²) in [5.74, 6) is -1.95. The lowest BCUT2D eigenvalue weighted by atomic mass is 10.3. The Morgan fingerprint density at radius 2 is 2.00 bits per heavy atom. The van der Waals surface area contributed by atoms with Crippen molar-refractivity contribution in [1.82, 2.24) is 10.2 Å². The summed E-state index contributed by atoms with van der Waals surface area (Å²) in [4.78, 5) is 35.0. The second-order valence-corrected chi connectivity index (χ2v) is 7.66. The summed E-state index contributed by atoms with van der Waals surface area (Å²) in [5.41, 5.74) is 0.502. The predicted molar refractivity (Wildman–Crippen MR) is 100 cm³/mol. The maximum Gasteiger partial charge on any atom is 0.328 e. The number of rotatable bonds is 7. The van der Waals surface area contributed by atoms with Crippen molar-refractivity contribution in [2.75, 3.05) is 10.6 Å². The van der Waals surface area contributed by atoms with Crippen LogP contribution in [0.1, 0.15) is 11.9 Å². The number of aromatic nitrogens is 2. The standard InChI is InChI=1S/C16H16N4O4S2/c1-9(15(24)18-16-20-19-10(2)26-16)25-12-5-3-4-11(8-12)17-13(21)6-7-14(22)23/h3-9H,1-2H3,(H,17,21)(H,22,23)(H,18,20,24)/b7-6+. The molecular weight excluding hydrogens is 376 g/mol. The van der Waals surface area contributed by atoms with Crippen molar-refractivity contribution >= 4 is 51.7 Å². The van der Waals surface area contributed by atoms with Crippen LogP contribution in [0.15, 0.2) is 41.3 Å². The van der Waals surface area contributed by atoms with Crippen LogP contribution in [0.5, 0.6) is 0 Å². The Morgan fingerprint density at radius 1 is 1.23 bits per heavy atom. The molecule has 3 N–H and O–H groups in total. The number of aryl methyl sites for hydroxylation is 1. The van der Waals surface area contributed by atoms with Crippen molar-refractivity contribution in [3.63, 3.8) is 0 Å². The molecule has 1 atom stereocenters. The molecule has 1 aromatic heterocycles. The number of benzene rings is 1. The van der Waals surface area contributed by atoms with E-state index in [9.17, 15) is 14.4 Å². The molecule has 1 aromatic carbocycles. The van der Waals surface area contributed by atoms with E-state index in [0.717, 1.165) is 22.1 Å². The van der Waals surface area contributed by atoms with Crippen LogP contribution >= 0.6 is 23.1 Å². The average molecular weight is 392 g/mol. The first kappa shape index (κ1) is 19.6. The Bertz CT molecular complexity index is 850. The van der Waals surface area contributed by atoms with Crippen molar-refractivity contribution in [2.24, 2.45) is 0 Å². The molecule has 0 aliphatic carbocycles. The summed E-state index contributed by atoms with van der Waals surface area (Å²) in [5, 5.41) is 22.3. The molecule has 0 radical (unpaired) electrons. The lowest BCUT2D eigenvalue weighted by Crippen LogP contribution is -2.22. The van der Waals surface area contributed by atoms with Gasteiger partial charge in [0.15, 0.2) is 0 Å². The maximum atomic E-state index is 12.2. The van der Waals surface area contributed by atoms with Gasteiger partial charge in [0.05, 0.1) is 5.25 Å². The summed E-state index contributed by atoms with van der Waals surface area (Å²) in [6.45, 7) is 3.56. The van der Waals surface area contributed by atoms with E-state index in [2.05, 4.69) is 20.8 Å². The van der Waals surface area contributed by atoms with Gasteiger partial charge >= 0.3 is 5.97 Å². The zero-order chi connectivity index (χ0) is 19.1. The van der Waals surface area contributed by atoms with Gasteiger partial charge in [0.25, 0.3) is 0 Å². The first-order valence-electron chi connectivity index (χ1n) is 7.43. The molecule has 2 amide bonds. The number of hydrogen-bond acceptors (Lipinski definition) is 7. The molecule has 0 fully saturated rings. The molecular formula is C16H16N4O4S2. The van der Waals surface area contributed by atoms with Gasteiger partial charge in [-0.1, -0.05) is 17.4 Å². The molecule has 0 saturated heterocycles. The topological polar surface area (TPSA) is 121 Å². The zero-order valence-corrected chi connectivity index (χ0v) is 15.6. The molecule has 26 heavy (non-hydrogen) atoms. The molecule has 1 unspecified atom stereocenters. The van der Waals surface area contributed by atoms with Crippen LogP contribution in [0, 0.1) is 6.92 Å². The van der Waals surface area contributed by atoms with Gasteiger partial charge in [-0.2, -0.15) is 0 Å². The zero-order valence-electron chi connectivity index (χ0n) is 13.9. The normalized spacial score (nSPS) is 11.9. The fourth-order valence-electron chi connectivity index (χ4n) is 1.79. The number of hydrogen-bond donors (Lipinski definition) is 3. The Hall–Kier alpha value is -2.72. The smallest absolute Gasteiger partial charge is 0.328 e. The Balaban J connectivity index is 1.95. The molecule has 1 heterocycles. The summed E-state index contributed by atoms with van der Waals surface area (Å²) >= 11 is 2.61. The third-order valence-electron chi connectivity index (χ3n) is 2.92. The highest BCUT2D eigenvalue weighted by molar-refractivity contribution is 8.00. The van der Waals surface area contributed by atoms with Crippen LogP contribution in [-0.4, -0.2) is 38.3 Å². The number of carbonyl (C=O) groups excluding carboxylic acids is 2. The molecule has 136 valence electrons. The fraction of sp³-hybridized carbons (Fsp3) is 0.188. The van der Waals surface area contributed by atoms with Gasteiger partial charge in [-0.3, -0.25) is 14.9 Å². The highest BCUT2D eigenvalue weighted by Crippen LogP contribution is 2.27. The van der Waals surface area contributed by atoms with E-state index in [1.807, 2.05) is 6.07 Å². The fourth-order valence-corrected chi connectivity index (χ4v) is 3.31. The SMILES string of the molecule is Cc1nnc(NC(=O)C(C)Sc2cccc(NC(=O)/C=C/C(=O)O)c2)s1. The van der Waals surface area contributed by atoms with Gasteiger partial charge in [-0.25, -0.2) is 4.79 Å². The summed E-state index contributed by atoms with van der Waals surface area (Å²) in [7, 11) is 0. The molecule has 8 nitrogen and oxygen atoms in total. The molecule has 0 bridgehead atoms. The number of anilines is 2. The number of carbonyl (C=O) groups is 3. The van der Waals surface area contributed by atoms with Crippen molar-refractivity contribution < 1.29 is 19.5 Å². The Labute approximate surface area is 157 Å². The molecule has 0 saturated carbocycles. The first-order valence-corrected chi connectivity index (χ1v) is 9.13. The largest absolute Gasteiger partial charge is 0.478 e. The van der Waals surface area contributed by atoms with Crippen LogP contribution in [0.25, 0.3) is 0 Å². The first-order chi connectivity index (χ1) is 12.3. The van der Waals surface area contributed by atoms with Gasteiger partial charge < -0.3 is 10.4 Å². The maximum absolute atomic E-state index is 12.2. The number of nitrogens with zero attached hydrogens (tertiary/aromatic N) is 2. The van der Waals surface area contributed by atoms with Crippen LogP contribution in [-0.2, 0) is 14.4 Å². The minimum absolute atomic E-state index is 0.204. The van der Waals surface area contributed by atoms with Crippen molar-refractivity contribution in [3.05, 3.63) is 41.4 Å². The van der Waals surface area contributed by atoms with Gasteiger partial charge in [-0.05, 0) is 32.0 Å². The molecule has 10 heteroatoms. The second kappa shape index (κ2) is 9.11. The highest BCUT2D eigenvalue weighted by Gasteiger charge is 2.16. The lowest BCUT2D eigenvalue weighted by Gasteiger charge is -2.11. The Morgan fingerprint density at radius 3 is 2.65 bits per heavy atom. The van der Waals surface area contributed by atoms with Crippen LogP contribution in [0.2, 0.25) is 0 Å². The van der Waals surface area contributed by atoms with Crippen molar-refractivity contribution in [1.29, 1.82) is 0 Å². The number of nitrogens with one attached hydrogen (secondary N) is 2. The Kier molecular flexibility index (Phi) is 6.87. The minimum atomic E-state index is -1.20. The van der Waals surface area contributed by atoms with E-state index in [0.29, 0.717) is 10.8 Å². The lowest BCUT2D eigenvalue weighted by molar-refractivity contribution is -0.131. The number of aliphatic carboxylic acids is 1. The quantitative estimate of drug-likeness (QED) is 0.489. The van der Waals surface area contributed by atoms with Crippen molar-refractivity contribution in [3.8, 4) is 0 Å². The van der Waals surface area contributed by atoms with Gasteiger partial charge in [0.2, 0.25) is 16.9 Å². The average Bonchev–Trinajstić information content (AvgIpc) is 2.98. The van der Waals surface area contributed by atoms with Crippen LogP contribution < -0.4 is 10.6 Å². The number of carboxylic acids is 1. The molecule has 2 aromatic rings. The van der Waals surface area contributed by atoms with Gasteiger partial charge in [0, 0.05) is 22.7 Å². The van der Waals surface area contributed by atoms with E-state index < -0.39 is 17.1 Å². The number of thioether (sulfide) groups is 1. The molecule has 0 spiro atoms. The van der Waals surface area contributed by atoms with E-state index in [1.165, 1.54) is 23.1 Å². The third kappa shape index (κ3) is 6.30. The van der Waals surface area contributed by atoms with E-state index in [4.69, 9.17) is 5.11 Å². The van der Waals surface area contributed by atoms with E-state index in [1.54, 1.807) is 32.0 Å². The van der Waals surface area contributed by atoms with Crippen LogP contribution in [0.4, 0.5) is 10.8 Å². The van der Waals surface area contributed by atoms with Crippen LogP contribution in [0.3, 0.4) is 0 Å². The summed E-state index contributed by atoms with van der Waals surface area (Å²) in [6, 6.07) is 6.92. The summed E-state index contributed by atoms with van der Waals surface area (Å²) < 4.78 is 0. The summed E-state index contributed by atoms with van der Waals surface area (Å²) in [6.07, 6.45) is 1.69. The van der Waals surface area contributed by atoms with Gasteiger partial charge in [0.1, 0.15) is 5.01 Å². The van der Waals surface area contributed by atoms with Gasteiger partial charge in [-0.15, -0.1) is 22.0 Å². The predicted octanol–water partition coefficient (Wildman–Crippen LogP) is 2.55. The molecule has 2 rings (SSSR count). The molecule has 0 aliphatic rings. The number of carboxylic acid groups (broad SMARTS) is 1. The van der Waals surface area contributed by atoms with Crippen molar-refractivity contribution in [2.45, 2.75) is 24.0 Å². The molecule has 0 aliphatic heterocycles. The monoisotopic (exact) mass is 392 g/mol.